The molecule has 32 heavy (non-hydrogen) atoms. The minimum absolute atomic E-state index is 0.101. The van der Waals surface area contributed by atoms with Crippen LogP contribution in [0.4, 0.5) is 5.69 Å². The molecular formula is C24H22ClN5O2. The Morgan fingerprint density at radius 2 is 1.75 bits per heavy atom. The van der Waals surface area contributed by atoms with E-state index in [0.717, 1.165) is 22.3 Å². The van der Waals surface area contributed by atoms with E-state index in [4.69, 9.17) is 11.6 Å². The third-order valence-electron chi connectivity index (χ3n) is 5.03. The first-order valence-electron chi connectivity index (χ1n) is 10.2. The molecule has 4 rings (SSSR count). The molecule has 0 aliphatic rings. The van der Waals surface area contributed by atoms with Crippen LogP contribution in [0.25, 0.3) is 11.0 Å². The smallest absolute Gasteiger partial charge is 0.251 e. The summed E-state index contributed by atoms with van der Waals surface area (Å²) in [6.45, 7) is 2.78. The Bertz CT molecular complexity index is 1250. The van der Waals surface area contributed by atoms with Gasteiger partial charge in [-0.3, -0.25) is 9.59 Å². The molecule has 4 aromatic rings. The summed E-state index contributed by atoms with van der Waals surface area (Å²) in [5.74, 6) is -0.301. The van der Waals surface area contributed by atoms with E-state index in [9.17, 15) is 9.59 Å². The normalized spacial score (nSPS) is 10.8. The Kier molecular flexibility index (Phi) is 6.47. The standard InChI is InChI=1S/C24H22ClN5O2/c1-16-2-9-20(10-3-16)27-23(31)12-13-30-22-11-6-18(14-21(22)28-29-30)24(32)26-15-17-4-7-19(25)8-5-17/h2-11,14H,12-13,15H2,1H3,(H,26,32)(H,27,31). The molecule has 2 N–H and O–H groups in total. The number of carbonyl (C=O) groups is 2. The van der Waals surface area contributed by atoms with Gasteiger partial charge in [0, 0.05) is 29.2 Å². The lowest BCUT2D eigenvalue weighted by molar-refractivity contribution is -0.116. The Hall–Kier alpha value is -3.71. The van der Waals surface area contributed by atoms with E-state index in [-0.39, 0.29) is 18.2 Å². The van der Waals surface area contributed by atoms with Crippen LogP contribution in [-0.4, -0.2) is 26.8 Å². The van der Waals surface area contributed by atoms with Crippen LogP contribution in [0.2, 0.25) is 5.02 Å². The largest absolute Gasteiger partial charge is 0.348 e. The molecule has 8 heteroatoms. The Labute approximate surface area is 190 Å². The Morgan fingerprint density at radius 1 is 1.00 bits per heavy atom. The average molecular weight is 448 g/mol. The highest BCUT2D eigenvalue weighted by atomic mass is 35.5. The molecule has 0 saturated heterocycles. The molecule has 0 fully saturated rings. The molecule has 0 atom stereocenters. The molecule has 1 heterocycles. The first kappa shape index (κ1) is 21.5. The van der Waals surface area contributed by atoms with Gasteiger partial charge in [-0.15, -0.1) is 5.10 Å². The zero-order valence-corrected chi connectivity index (χ0v) is 18.3. The molecule has 0 unspecified atom stereocenters. The minimum Gasteiger partial charge on any atom is -0.348 e. The minimum atomic E-state index is -0.200. The molecule has 0 radical (unpaired) electrons. The van der Waals surface area contributed by atoms with Crippen molar-refractivity contribution in [2.24, 2.45) is 0 Å². The van der Waals surface area contributed by atoms with Crippen molar-refractivity contribution < 1.29 is 9.59 Å². The second-order valence-electron chi connectivity index (χ2n) is 7.49. The topological polar surface area (TPSA) is 88.9 Å². The van der Waals surface area contributed by atoms with Crippen LogP contribution in [0.3, 0.4) is 0 Å². The van der Waals surface area contributed by atoms with Gasteiger partial charge in [-0.05, 0) is 55.0 Å². The summed E-state index contributed by atoms with van der Waals surface area (Å²) in [6, 6.07) is 20.2. The van der Waals surface area contributed by atoms with Gasteiger partial charge in [0.25, 0.3) is 5.91 Å². The number of rotatable bonds is 7. The van der Waals surface area contributed by atoms with Crippen LogP contribution in [0.15, 0.2) is 66.7 Å². The van der Waals surface area contributed by atoms with Gasteiger partial charge in [-0.25, -0.2) is 4.68 Å². The molecule has 0 bridgehead atoms. The van der Waals surface area contributed by atoms with E-state index in [0.29, 0.717) is 29.2 Å². The number of fused-ring (bicyclic) bond motifs is 1. The van der Waals surface area contributed by atoms with Crippen LogP contribution in [0, 0.1) is 6.92 Å². The van der Waals surface area contributed by atoms with Gasteiger partial charge in [0.2, 0.25) is 5.91 Å². The van der Waals surface area contributed by atoms with Crippen LogP contribution in [0.1, 0.15) is 27.9 Å². The quantitative estimate of drug-likeness (QED) is 0.440. The molecule has 0 aliphatic carbocycles. The average Bonchev–Trinajstić information content (AvgIpc) is 3.21. The van der Waals surface area contributed by atoms with Crippen LogP contribution in [0.5, 0.6) is 0 Å². The van der Waals surface area contributed by atoms with Gasteiger partial charge in [-0.1, -0.05) is 46.6 Å². The number of benzene rings is 3. The fraction of sp³-hybridized carbons (Fsp3) is 0.167. The summed E-state index contributed by atoms with van der Waals surface area (Å²) in [6.07, 6.45) is 0.260. The molecule has 2 amide bonds. The van der Waals surface area contributed by atoms with E-state index in [1.165, 1.54) is 0 Å². The van der Waals surface area contributed by atoms with Gasteiger partial charge >= 0.3 is 0 Å². The third kappa shape index (κ3) is 5.31. The number of aryl methyl sites for hydroxylation is 2. The predicted molar refractivity (Wildman–Crippen MR) is 125 cm³/mol. The number of hydrogen-bond acceptors (Lipinski definition) is 4. The van der Waals surface area contributed by atoms with E-state index in [1.807, 2.05) is 43.3 Å². The second-order valence-corrected chi connectivity index (χ2v) is 7.93. The number of halogens is 1. The van der Waals surface area contributed by atoms with Crippen molar-refractivity contribution >= 4 is 40.1 Å². The van der Waals surface area contributed by atoms with Crippen molar-refractivity contribution in [2.45, 2.75) is 26.4 Å². The highest BCUT2D eigenvalue weighted by Gasteiger charge is 2.11. The first-order chi connectivity index (χ1) is 15.5. The fourth-order valence-corrected chi connectivity index (χ4v) is 3.36. The van der Waals surface area contributed by atoms with E-state index >= 15 is 0 Å². The van der Waals surface area contributed by atoms with Crippen molar-refractivity contribution in [1.29, 1.82) is 0 Å². The van der Waals surface area contributed by atoms with Crippen molar-refractivity contribution in [3.63, 3.8) is 0 Å². The number of carbonyl (C=O) groups excluding carboxylic acids is 2. The van der Waals surface area contributed by atoms with Crippen molar-refractivity contribution in [1.82, 2.24) is 20.3 Å². The maximum atomic E-state index is 12.5. The van der Waals surface area contributed by atoms with E-state index in [2.05, 4.69) is 20.9 Å². The number of nitrogens with one attached hydrogen (secondary N) is 2. The summed E-state index contributed by atoms with van der Waals surface area (Å²) in [5.41, 5.74) is 4.72. The lowest BCUT2D eigenvalue weighted by Gasteiger charge is -2.07. The van der Waals surface area contributed by atoms with Crippen LogP contribution >= 0.6 is 11.6 Å². The molecule has 7 nitrogen and oxygen atoms in total. The molecular weight excluding hydrogens is 426 g/mol. The lowest BCUT2D eigenvalue weighted by Crippen LogP contribution is -2.22. The lowest BCUT2D eigenvalue weighted by atomic mass is 10.1. The molecule has 3 aromatic carbocycles. The maximum Gasteiger partial charge on any atom is 0.251 e. The summed E-state index contributed by atoms with van der Waals surface area (Å²) in [7, 11) is 0. The summed E-state index contributed by atoms with van der Waals surface area (Å²) in [5, 5.41) is 14.7. The fourth-order valence-electron chi connectivity index (χ4n) is 3.23. The molecule has 162 valence electrons. The number of amides is 2. The van der Waals surface area contributed by atoms with Crippen molar-refractivity contribution in [2.75, 3.05) is 5.32 Å². The number of aromatic nitrogens is 3. The van der Waals surface area contributed by atoms with E-state index < -0.39 is 0 Å². The van der Waals surface area contributed by atoms with Gasteiger partial charge in [0.05, 0.1) is 12.1 Å². The second kappa shape index (κ2) is 9.62. The Morgan fingerprint density at radius 3 is 2.50 bits per heavy atom. The van der Waals surface area contributed by atoms with Crippen molar-refractivity contribution in [3.8, 4) is 0 Å². The molecule has 0 saturated carbocycles. The first-order valence-corrected chi connectivity index (χ1v) is 10.6. The highest BCUT2D eigenvalue weighted by Crippen LogP contribution is 2.15. The Balaban J connectivity index is 1.35. The van der Waals surface area contributed by atoms with Crippen molar-refractivity contribution in [3.05, 3.63) is 88.4 Å². The molecule has 1 aromatic heterocycles. The van der Waals surface area contributed by atoms with Crippen LogP contribution < -0.4 is 10.6 Å². The van der Waals surface area contributed by atoms with Crippen LogP contribution in [-0.2, 0) is 17.9 Å². The third-order valence-corrected chi connectivity index (χ3v) is 5.28. The number of nitrogens with zero attached hydrogens (tertiary/aromatic N) is 3. The zero-order chi connectivity index (χ0) is 22.5. The SMILES string of the molecule is Cc1ccc(NC(=O)CCn2nnc3cc(C(=O)NCc4ccc(Cl)cc4)ccc32)cc1. The predicted octanol–water partition coefficient (Wildman–Crippen LogP) is 4.35. The van der Waals surface area contributed by atoms with Gasteiger partial charge in [-0.2, -0.15) is 0 Å². The highest BCUT2D eigenvalue weighted by molar-refractivity contribution is 6.30. The number of hydrogen-bond donors (Lipinski definition) is 2. The van der Waals surface area contributed by atoms with Gasteiger partial charge in [0.1, 0.15) is 5.52 Å². The monoisotopic (exact) mass is 447 g/mol. The summed E-state index contributed by atoms with van der Waals surface area (Å²) < 4.78 is 1.67. The summed E-state index contributed by atoms with van der Waals surface area (Å²) in [4.78, 5) is 24.7. The molecule has 0 aliphatic heterocycles. The van der Waals surface area contributed by atoms with Gasteiger partial charge < -0.3 is 10.6 Å². The maximum absolute atomic E-state index is 12.5. The zero-order valence-electron chi connectivity index (χ0n) is 17.5. The molecule has 0 spiro atoms. The van der Waals surface area contributed by atoms with Gasteiger partial charge in [0.15, 0.2) is 0 Å². The van der Waals surface area contributed by atoms with E-state index in [1.54, 1.807) is 35.0 Å². The summed E-state index contributed by atoms with van der Waals surface area (Å²) >= 11 is 5.88. The number of anilines is 1.